The van der Waals surface area contributed by atoms with Crippen molar-refractivity contribution >= 4 is 17.3 Å². The summed E-state index contributed by atoms with van der Waals surface area (Å²) in [5.74, 6) is -1.24. The largest absolute Gasteiger partial charge is 0.465 e. The maximum absolute atomic E-state index is 13.8. The second-order valence-corrected chi connectivity index (χ2v) is 5.63. The molecule has 0 aliphatic carbocycles. The molecule has 1 N–H and O–H groups in total. The molecule has 0 saturated heterocycles. The quantitative estimate of drug-likeness (QED) is 0.862. The number of carbonyl (C=O) groups excluding carboxylic acids is 1. The standard InChI is InChI=1S/C15H17FN2O2S/c1-9-8-21-14(18-9)10(2)17-7-11-4-5-12(13(16)6-11)15(19)20-3/h4-6,8,10,17H,7H2,1-3H3. The zero-order valence-electron chi connectivity index (χ0n) is 12.1. The van der Waals surface area contributed by atoms with Crippen molar-refractivity contribution < 1.29 is 13.9 Å². The summed E-state index contributed by atoms with van der Waals surface area (Å²) in [5.41, 5.74) is 1.71. The maximum atomic E-state index is 13.8. The molecule has 0 aliphatic heterocycles. The number of halogens is 1. The van der Waals surface area contributed by atoms with Crippen LogP contribution in [-0.4, -0.2) is 18.1 Å². The van der Waals surface area contributed by atoms with Crippen LogP contribution in [0.3, 0.4) is 0 Å². The normalized spacial score (nSPS) is 12.2. The van der Waals surface area contributed by atoms with Gasteiger partial charge in [-0.05, 0) is 31.5 Å². The topological polar surface area (TPSA) is 51.2 Å². The van der Waals surface area contributed by atoms with E-state index < -0.39 is 11.8 Å². The highest BCUT2D eigenvalue weighted by Crippen LogP contribution is 2.18. The van der Waals surface area contributed by atoms with Gasteiger partial charge in [0.05, 0.1) is 18.7 Å². The molecular weight excluding hydrogens is 291 g/mol. The van der Waals surface area contributed by atoms with Gasteiger partial charge in [0.15, 0.2) is 0 Å². The lowest BCUT2D eigenvalue weighted by atomic mass is 10.1. The Morgan fingerprint density at radius 2 is 2.29 bits per heavy atom. The third-order valence-corrected chi connectivity index (χ3v) is 4.20. The van der Waals surface area contributed by atoms with Crippen molar-refractivity contribution in [1.82, 2.24) is 10.3 Å². The van der Waals surface area contributed by atoms with Gasteiger partial charge in [-0.1, -0.05) is 6.07 Å². The van der Waals surface area contributed by atoms with E-state index in [4.69, 9.17) is 0 Å². The van der Waals surface area contributed by atoms with E-state index in [1.165, 1.54) is 19.2 Å². The van der Waals surface area contributed by atoms with E-state index in [0.29, 0.717) is 6.54 Å². The first-order valence-electron chi connectivity index (χ1n) is 6.53. The van der Waals surface area contributed by atoms with Gasteiger partial charge in [0, 0.05) is 17.6 Å². The molecule has 0 saturated carbocycles. The second-order valence-electron chi connectivity index (χ2n) is 4.74. The van der Waals surface area contributed by atoms with Gasteiger partial charge in [-0.2, -0.15) is 0 Å². The van der Waals surface area contributed by atoms with Gasteiger partial charge < -0.3 is 10.1 Å². The van der Waals surface area contributed by atoms with Crippen molar-refractivity contribution in [2.24, 2.45) is 0 Å². The summed E-state index contributed by atoms with van der Waals surface area (Å²) in [6.45, 7) is 4.46. The van der Waals surface area contributed by atoms with Crippen LogP contribution >= 0.6 is 11.3 Å². The Morgan fingerprint density at radius 1 is 1.52 bits per heavy atom. The molecule has 2 rings (SSSR count). The van der Waals surface area contributed by atoms with Crippen molar-refractivity contribution in [2.75, 3.05) is 7.11 Å². The smallest absolute Gasteiger partial charge is 0.340 e. The second kappa shape index (κ2) is 6.78. The number of esters is 1. The first kappa shape index (κ1) is 15.6. The zero-order chi connectivity index (χ0) is 15.4. The van der Waals surface area contributed by atoms with Crippen LogP contribution in [0, 0.1) is 12.7 Å². The van der Waals surface area contributed by atoms with Gasteiger partial charge in [0.2, 0.25) is 0 Å². The Kier molecular flexibility index (Phi) is 5.03. The minimum atomic E-state index is -0.668. The van der Waals surface area contributed by atoms with Gasteiger partial charge in [0.25, 0.3) is 0 Å². The van der Waals surface area contributed by atoms with Crippen LogP contribution < -0.4 is 5.32 Å². The molecule has 1 unspecified atom stereocenters. The van der Waals surface area contributed by atoms with Crippen LogP contribution in [0.25, 0.3) is 0 Å². The summed E-state index contributed by atoms with van der Waals surface area (Å²) in [7, 11) is 1.23. The summed E-state index contributed by atoms with van der Waals surface area (Å²) >= 11 is 1.60. The highest BCUT2D eigenvalue weighted by molar-refractivity contribution is 7.09. The maximum Gasteiger partial charge on any atom is 0.340 e. The molecule has 0 amide bonds. The Morgan fingerprint density at radius 3 is 2.86 bits per heavy atom. The molecule has 21 heavy (non-hydrogen) atoms. The van der Waals surface area contributed by atoms with Crippen LogP contribution in [0.1, 0.15) is 39.6 Å². The number of thiazole rings is 1. The minimum Gasteiger partial charge on any atom is -0.465 e. The van der Waals surface area contributed by atoms with Crippen molar-refractivity contribution in [2.45, 2.75) is 26.4 Å². The number of benzene rings is 1. The number of hydrogen-bond donors (Lipinski definition) is 1. The molecule has 0 spiro atoms. The zero-order valence-corrected chi connectivity index (χ0v) is 13.0. The minimum absolute atomic E-state index is 0.0511. The van der Waals surface area contributed by atoms with Crippen molar-refractivity contribution in [3.8, 4) is 0 Å². The van der Waals surface area contributed by atoms with Crippen molar-refractivity contribution in [1.29, 1.82) is 0 Å². The Hall–Kier alpha value is -1.79. The monoisotopic (exact) mass is 308 g/mol. The molecule has 1 heterocycles. The van der Waals surface area contributed by atoms with E-state index in [-0.39, 0.29) is 11.6 Å². The molecular formula is C15H17FN2O2S. The highest BCUT2D eigenvalue weighted by atomic mass is 32.1. The van der Waals surface area contributed by atoms with Gasteiger partial charge in [-0.15, -0.1) is 11.3 Å². The predicted octanol–water partition coefficient (Wildman–Crippen LogP) is 3.23. The molecule has 112 valence electrons. The number of hydrogen-bond acceptors (Lipinski definition) is 5. The van der Waals surface area contributed by atoms with Gasteiger partial charge in [0.1, 0.15) is 10.8 Å². The first-order chi connectivity index (χ1) is 10.0. The first-order valence-corrected chi connectivity index (χ1v) is 7.41. The van der Waals surface area contributed by atoms with E-state index in [1.54, 1.807) is 17.4 Å². The third kappa shape index (κ3) is 3.86. The Balaban J connectivity index is 2.00. The number of nitrogens with zero attached hydrogens (tertiary/aromatic N) is 1. The Bertz CT molecular complexity index is 642. The fraction of sp³-hybridized carbons (Fsp3) is 0.333. The molecule has 4 nitrogen and oxygen atoms in total. The van der Waals surface area contributed by atoms with Crippen LogP contribution in [0.5, 0.6) is 0 Å². The van der Waals surface area contributed by atoms with Crippen LogP contribution in [0.2, 0.25) is 0 Å². The number of aromatic nitrogens is 1. The summed E-state index contributed by atoms with van der Waals surface area (Å²) in [5, 5.41) is 6.28. The van der Waals surface area contributed by atoms with Crippen molar-refractivity contribution in [3.05, 3.63) is 51.2 Å². The number of ether oxygens (including phenoxy) is 1. The SMILES string of the molecule is COC(=O)c1ccc(CNC(C)c2nc(C)cs2)cc1F. The Labute approximate surface area is 127 Å². The van der Waals surface area contributed by atoms with Gasteiger partial charge >= 0.3 is 5.97 Å². The predicted molar refractivity (Wildman–Crippen MR) is 79.8 cm³/mol. The fourth-order valence-electron chi connectivity index (χ4n) is 1.87. The molecule has 1 atom stereocenters. The molecule has 0 fully saturated rings. The number of carbonyl (C=O) groups is 1. The number of methoxy groups -OCH3 is 1. The molecule has 0 bridgehead atoms. The lowest BCUT2D eigenvalue weighted by Crippen LogP contribution is -2.18. The molecule has 0 radical (unpaired) electrons. The summed E-state index contributed by atoms with van der Waals surface area (Å²) in [6.07, 6.45) is 0. The average molecular weight is 308 g/mol. The van der Waals surface area contributed by atoms with Crippen molar-refractivity contribution in [3.63, 3.8) is 0 Å². The summed E-state index contributed by atoms with van der Waals surface area (Å²) in [4.78, 5) is 15.7. The molecule has 1 aromatic carbocycles. The van der Waals surface area contributed by atoms with Crippen LogP contribution in [-0.2, 0) is 11.3 Å². The van der Waals surface area contributed by atoms with Gasteiger partial charge in [-0.3, -0.25) is 0 Å². The number of nitrogens with one attached hydrogen (secondary N) is 1. The summed E-state index contributed by atoms with van der Waals surface area (Å²) in [6, 6.07) is 4.59. The van der Waals surface area contributed by atoms with E-state index in [9.17, 15) is 9.18 Å². The van der Waals surface area contributed by atoms with E-state index in [2.05, 4.69) is 15.0 Å². The number of rotatable bonds is 5. The number of aryl methyl sites for hydroxylation is 1. The lowest BCUT2D eigenvalue weighted by molar-refractivity contribution is 0.0595. The molecule has 1 aromatic heterocycles. The molecule has 0 aliphatic rings. The highest BCUT2D eigenvalue weighted by Gasteiger charge is 2.13. The van der Waals surface area contributed by atoms with E-state index in [1.807, 2.05) is 19.2 Å². The lowest BCUT2D eigenvalue weighted by Gasteiger charge is -2.11. The fourth-order valence-corrected chi connectivity index (χ4v) is 2.70. The van der Waals surface area contributed by atoms with E-state index in [0.717, 1.165) is 16.3 Å². The summed E-state index contributed by atoms with van der Waals surface area (Å²) < 4.78 is 18.3. The van der Waals surface area contributed by atoms with Gasteiger partial charge in [-0.25, -0.2) is 14.2 Å². The van der Waals surface area contributed by atoms with E-state index >= 15 is 0 Å². The third-order valence-electron chi connectivity index (χ3n) is 3.06. The average Bonchev–Trinajstić information content (AvgIpc) is 2.90. The molecule has 6 heteroatoms. The van der Waals surface area contributed by atoms with Crippen LogP contribution in [0.15, 0.2) is 23.6 Å². The molecule has 2 aromatic rings. The van der Waals surface area contributed by atoms with Crippen LogP contribution in [0.4, 0.5) is 4.39 Å².